The van der Waals surface area contributed by atoms with E-state index in [0.29, 0.717) is 23.5 Å². The molecule has 0 aliphatic carbocycles. The van der Waals surface area contributed by atoms with E-state index in [1.807, 2.05) is 30.3 Å². The lowest BCUT2D eigenvalue weighted by Gasteiger charge is -2.21. The zero-order valence-corrected chi connectivity index (χ0v) is 20.4. The van der Waals surface area contributed by atoms with Crippen molar-refractivity contribution >= 4 is 44.8 Å². The molecule has 186 valence electrons. The van der Waals surface area contributed by atoms with Crippen molar-refractivity contribution in [1.82, 2.24) is 4.72 Å². The number of carbonyl (C=O) groups is 3. The average Bonchev–Trinajstić information content (AvgIpc) is 2.84. The van der Waals surface area contributed by atoms with E-state index >= 15 is 0 Å². The largest absolute Gasteiger partial charge is 0.326 e. The van der Waals surface area contributed by atoms with Gasteiger partial charge in [-0.1, -0.05) is 30.3 Å². The van der Waals surface area contributed by atoms with Crippen LogP contribution in [0.1, 0.15) is 24.5 Å². The summed E-state index contributed by atoms with van der Waals surface area (Å²) < 4.78 is 29.1. The van der Waals surface area contributed by atoms with Gasteiger partial charge in [0.1, 0.15) is 6.04 Å². The molecule has 3 aromatic rings. The molecule has 1 aliphatic heterocycles. The number of carbonyl (C=O) groups excluding carboxylic acids is 3. The predicted octanol–water partition coefficient (Wildman–Crippen LogP) is 3.06. The number of hydrogen-bond donors (Lipinski definition) is 4. The molecule has 1 aliphatic rings. The molecule has 3 aromatic carbocycles. The van der Waals surface area contributed by atoms with Gasteiger partial charge >= 0.3 is 0 Å². The van der Waals surface area contributed by atoms with Crippen molar-refractivity contribution in [3.63, 3.8) is 0 Å². The molecule has 0 saturated heterocycles. The van der Waals surface area contributed by atoms with E-state index in [1.165, 1.54) is 19.1 Å². The minimum Gasteiger partial charge on any atom is -0.326 e. The Labute approximate surface area is 209 Å². The van der Waals surface area contributed by atoms with Gasteiger partial charge in [0.2, 0.25) is 27.7 Å². The Morgan fingerprint density at radius 2 is 1.58 bits per heavy atom. The van der Waals surface area contributed by atoms with Crippen molar-refractivity contribution in [3.05, 3.63) is 83.9 Å². The van der Waals surface area contributed by atoms with E-state index in [4.69, 9.17) is 0 Å². The van der Waals surface area contributed by atoms with Crippen LogP contribution in [0, 0.1) is 0 Å². The molecule has 0 spiro atoms. The van der Waals surface area contributed by atoms with Crippen LogP contribution >= 0.6 is 0 Å². The summed E-state index contributed by atoms with van der Waals surface area (Å²) in [5.41, 5.74) is 3.13. The normalized spacial score (nSPS) is 13.8. The van der Waals surface area contributed by atoms with E-state index in [0.717, 1.165) is 11.1 Å². The standard InChI is InChI=1S/C26H26N4O5S/c1-17(31)27-20-8-10-21(11-9-20)28-26(33)24(15-18-5-3-2-4-6-18)30-36(34,35)22-12-13-23-19(16-22)7-14-25(32)29-23/h2-6,8-13,16,24,30H,7,14-15H2,1H3,(H,27,31)(H,28,33)(H,29,32). The molecule has 10 heteroatoms. The topological polar surface area (TPSA) is 133 Å². The molecular formula is C26H26N4O5S. The Morgan fingerprint density at radius 1 is 0.917 bits per heavy atom. The summed E-state index contributed by atoms with van der Waals surface area (Å²) in [6.45, 7) is 1.40. The maximum Gasteiger partial charge on any atom is 0.242 e. The van der Waals surface area contributed by atoms with Crippen molar-refractivity contribution < 1.29 is 22.8 Å². The van der Waals surface area contributed by atoms with Crippen LogP contribution in [-0.2, 0) is 37.2 Å². The highest BCUT2D eigenvalue weighted by molar-refractivity contribution is 7.89. The monoisotopic (exact) mass is 506 g/mol. The highest BCUT2D eigenvalue weighted by Crippen LogP contribution is 2.26. The molecular weight excluding hydrogens is 480 g/mol. The highest BCUT2D eigenvalue weighted by atomic mass is 32.2. The first-order valence-corrected chi connectivity index (χ1v) is 12.9. The Kier molecular flexibility index (Phi) is 7.47. The van der Waals surface area contributed by atoms with Gasteiger partial charge in [0.05, 0.1) is 4.90 Å². The zero-order valence-electron chi connectivity index (χ0n) is 19.6. The van der Waals surface area contributed by atoms with Crippen LogP contribution in [0.5, 0.6) is 0 Å². The Morgan fingerprint density at radius 3 is 2.25 bits per heavy atom. The van der Waals surface area contributed by atoms with Crippen LogP contribution in [0.2, 0.25) is 0 Å². The Hall–Kier alpha value is -4.02. The molecule has 0 aromatic heterocycles. The van der Waals surface area contributed by atoms with Crippen molar-refractivity contribution in [1.29, 1.82) is 0 Å². The van der Waals surface area contributed by atoms with Gasteiger partial charge in [-0.3, -0.25) is 14.4 Å². The summed E-state index contributed by atoms with van der Waals surface area (Å²) in [6, 6.07) is 19.0. The van der Waals surface area contributed by atoms with Gasteiger partial charge in [-0.2, -0.15) is 4.72 Å². The van der Waals surface area contributed by atoms with E-state index in [9.17, 15) is 22.8 Å². The van der Waals surface area contributed by atoms with Gasteiger partial charge in [-0.15, -0.1) is 0 Å². The van der Waals surface area contributed by atoms with Crippen molar-refractivity contribution in [3.8, 4) is 0 Å². The summed E-state index contributed by atoms with van der Waals surface area (Å²) in [5.74, 6) is -0.852. The molecule has 4 N–H and O–H groups in total. The summed E-state index contributed by atoms with van der Waals surface area (Å²) >= 11 is 0. The third-order valence-corrected chi connectivity index (χ3v) is 7.12. The molecule has 1 atom stereocenters. The number of amides is 3. The maximum absolute atomic E-state index is 13.3. The molecule has 0 bridgehead atoms. The van der Waals surface area contributed by atoms with Crippen LogP contribution in [0.15, 0.2) is 77.7 Å². The van der Waals surface area contributed by atoms with Crippen LogP contribution in [0.4, 0.5) is 17.1 Å². The predicted molar refractivity (Wildman–Crippen MR) is 137 cm³/mol. The van der Waals surface area contributed by atoms with Crippen LogP contribution in [0.3, 0.4) is 0 Å². The molecule has 4 rings (SSSR count). The number of hydrogen-bond acceptors (Lipinski definition) is 5. The number of anilines is 3. The second kappa shape index (κ2) is 10.7. The Bertz CT molecular complexity index is 1390. The fourth-order valence-electron chi connectivity index (χ4n) is 3.89. The van der Waals surface area contributed by atoms with Crippen molar-refractivity contribution in [2.75, 3.05) is 16.0 Å². The van der Waals surface area contributed by atoms with E-state index in [-0.39, 0.29) is 29.6 Å². The van der Waals surface area contributed by atoms with Crippen LogP contribution in [0.25, 0.3) is 0 Å². The lowest BCUT2D eigenvalue weighted by atomic mass is 10.0. The average molecular weight is 507 g/mol. The number of benzene rings is 3. The van der Waals surface area contributed by atoms with E-state index < -0.39 is 22.0 Å². The van der Waals surface area contributed by atoms with Gasteiger partial charge in [-0.25, -0.2) is 8.42 Å². The molecule has 9 nitrogen and oxygen atoms in total. The first kappa shape index (κ1) is 25.1. The second-order valence-corrected chi connectivity index (χ2v) is 10.2. The van der Waals surface area contributed by atoms with Gasteiger partial charge in [0.15, 0.2) is 0 Å². The van der Waals surface area contributed by atoms with Crippen molar-refractivity contribution in [2.24, 2.45) is 0 Å². The third kappa shape index (κ3) is 6.35. The molecule has 3 amide bonds. The minimum atomic E-state index is -4.06. The second-order valence-electron chi connectivity index (χ2n) is 8.48. The molecule has 36 heavy (non-hydrogen) atoms. The molecule has 1 unspecified atom stereocenters. The first-order chi connectivity index (χ1) is 17.2. The lowest BCUT2D eigenvalue weighted by molar-refractivity contribution is -0.118. The summed E-state index contributed by atoms with van der Waals surface area (Å²) in [7, 11) is -4.06. The van der Waals surface area contributed by atoms with Gasteiger partial charge in [0.25, 0.3) is 0 Å². The van der Waals surface area contributed by atoms with Gasteiger partial charge < -0.3 is 16.0 Å². The fourth-order valence-corrected chi connectivity index (χ4v) is 5.14. The molecule has 0 radical (unpaired) electrons. The molecule has 0 fully saturated rings. The first-order valence-electron chi connectivity index (χ1n) is 11.4. The quantitative estimate of drug-likeness (QED) is 0.373. The number of fused-ring (bicyclic) bond motifs is 1. The maximum atomic E-state index is 13.3. The number of rotatable bonds is 8. The lowest BCUT2D eigenvalue weighted by Crippen LogP contribution is -2.45. The van der Waals surface area contributed by atoms with Crippen molar-refractivity contribution in [2.45, 2.75) is 37.1 Å². The fraction of sp³-hybridized carbons (Fsp3) is 0.192. The van der Waals surface area contributed by atoms with Gasteiger partial charge in [0, 0.05) is 30.4 Å². The van der Waals surface area contributed by atoms with Crippen LogP contribution in [-0.4, -0.2) is 32.2 Å². The summed E-state index contributed by atoms with van der Waals surface area (Å²) in [5, 5.41) is 8.12. The number of nitrogens with one attached hydrogen (secondary N) is 4. The van der Waals surface area contributed by atoms with E-state index in [2.05, 4.69) is 20.7 Å². The zero-order chi connectivity index (χ0) is 25.7. The third-order valence-electron chi connectivity index (χ3n) is 5.65. The van der Waals surface area contributed by atoms with Crippen LogP contribution < -0.4 is 20.7 Å². The SMILES string of the molecule is CC(=O)Nc1ccc(NC(=O)C(Cc2ccccc2)NS(=O)(=O)c2ccc3c(c2)CCC(=O)N3)cc1. The smallest absolute Gasteiger partial charge is 0.242 e. The number of sulfonamides is 1. The Balaban J connectivity index is 1.55. The van der Waals surface area contributed by atoms with Gasteiger partial charge in [-0.05, 0) is 66.4 Å². The minimum absolute atomic E-state index is 0.0166. The molecule has 0 saturated carbocycles. The summed E-state index contributed by atoms with van der Waals surface area (Å²) in [4.78, 5) is 36.0. The summed E-state index contributed by atoms with van der Waals surface area (Å²) in [6.07, 6.45) is 0.855. The molecule has 1 heterocycles. The highest BCUT2D eigenvalue weighted by Gasteiger charge is 2.27. The number of aryl methyl sites for hydroxylation is 1. The van der Waals surface area contributed by atoms with E-state index in [1.54, 1.807) is 30.3 Å².